The van der Waals surface area contributed by atoms with Crippen LogP contribution in [0.2, 0.25) is 0 Å². The van der Waals surface area contributed by atoms with Gasteiger partial charge in [-0.1, -0.05) is 12.1 Å². The Balaban J connectivity index is 2.03. The predicted molar refractivity (Wildman–Crippen MR) is 86.9 cm³/mol. The van der Waals surface area contributed by atoms with Crippen molar-refractivity contribution in [2.45, 2.75) is 19.3 Å². The lowest BCUT2D eigenvalue weighted by Crippen LogP contribution is -2.38. The van der Waals surface area contributed by atoms with Gasteiger partial charge in [0.2, 0.25) is 11.8 Å². The van der Waals surface area contributed by atoms with Crippen molar-refractivity contribution in [2.75, 3.05) is 31.5 Å². The second-order valence-electron chi connectivity index (χ2n) is 5.43. The lowest BCUT2D eigenvalue weighted by Gasteiger charge is -2.27. The highest BCUT2D eigenvalue weighted by atomic mass is 16.2. The van der Waals surface area contributed by atoms with Gasteiger partial charge in [-0.15, -0.1) is 0 Å². The number of hydrogen-bond donors (Lipinski definition) is 3. The molecule has 2 rings (SSSR count). The summed E-state index contributed by atoms with van der Waals surface area (Å²) in [6.07, 6.45) is 3.15. The summed E-state index contributed by atoms with van der Waals surface area (Å²) in [5.74, 6) is -0.880. The predicted octanol–water partition coefficient (Wildman–Crippen LogP) is 0.326. The lowest BCUT2D eigenvalue weighted by atomic mass is 10.1. The second kappa shape index (κ2) is 8.28. The molecule has 4 N–H and O–H groups in total. The molecule has 1 aromatic carbocycles. The highest BCUT2D eigenvalue weighted by molar-refractivity contribution is 6.04. The van der Waals surface area contributed by atoms with Crippen LogP contribution in [-0.4, -0.2) is 48.8 Å². The number of hydrogen-bond acceptors (Lipinski definition) is 4. The number of nitrogens with zero attached hydrogens (tertiary/aromatic N) is 1. The zero-order valence-electron chi connectivity index (χ0n) is 13.0. The second-order valence-corrected chi connectivity index (χ2v) is 5.43. The fourth-order valence-corrected chi connectivity index (χ4v) is 2.49. The molecule has 1 aliphatic rings. The number of likely N-dealkylation sites (tertiary alicyclic amines) is 1. The summed E-state index contributed by atoms with van der Waals surface area (Å²) in [7, 11) is 0. The number of piperidine rings is 1. The Morgan fingerprint density at radius 1 is 1.04 bits per heavy atom. The van der Waals surface area contributed by atoms with Crippen LogP contribution in [0.5, 0.6) is 0 Å². The molecule has 0 aromatic heterocycles. The number of benzene rings is 1. The number of carbonyl (C=O) groups excluding carboxylic acids is 3. The molecule has 0 spiro atoms. The summed E-state index contributed by atoms with van der Waals surface area (Å²) in [4.78, 5) is 37.4. The van der Waals surface area contributed by atoms with Gasteiger partial charge < -0.3 is 21.3 Å². The minimum absolute atomic E-state index is 0.0772. The van der Waals surface area contributed by atoms with E-state index in [1.807, 2.05) is 4.90 Å². The minimum Gasteiger partial charge on any atom is -0.346 e. The van der Waals surface area contributed by atoms with Crippen LogP contribution in [0.25, 0.3) is 0 Å². The Morgan fingerprint density at radius 2 is 1.74 bits per heavy atom. The van der Waals surface area contributed by atoms with E-state index in [0.717, 1.165) is 32.4 Å². The molecule has 1 aromatic rings. The van der Waals surface area contributed by atoms with E-state index in [0.29, 0.717) is 11.3 Å². The molecule has 3 amide bonds. The number of anilines is 1. The Kier molecular flexibility index (Phi) is 6.10. The van der Waals surface area contributed by atoms with Crippen molar-refractivity contribution >= 4 is 23.4 Å². The summed E-state index contributed by atoms with van der Waals surface area (Å²) >= 11 is 0. The van der Waals surface area contributed by atoms with Crippen LogP contribution in [0.4, 0.5) is 5.69 Å². The molecule has 1 fully saturated rings. The molecule has 0 atom stereocenters. The Hall–Kier alpha value is -2.41. The summed E-state index contributed by atoms with van der Waals surface area (Å²) in [5.41, 5.74) is 6.08. The van der Waals surface area contributed by atoms with Gasteiger partial charge in [0, 0.05) is 13.1 Å². The monoisotopic (exact) mass is 318 g/mol. The van der Waals surface area contributed by atoms with Crippen LogP contribution in [0.1, 0.15) is 29.6 Å². The van der Waals surface area contributed by atoms with Crippen molar-refractivity contribution in [3.8, 4) is 0 Å². The molecule has 0 bridgehead atoms. The molecule has 0 saturated carbocycles. The van der Waals surface area contributed by atoms with E-state index in [9.17, 15) is 14.4 Å². The first-order chi connectivity index (χ1) is 11.1. The van der Waals surface area contributed by atoms with Crippen molar-refractivity contribution < 1.29 is 14.4 Å². The largest absolute Gasteiger partial charge is 0.346 e. The summed E-state index contributed by atoms with van der Waals surface area (Å²) < 4.78 is 0. The van der Waals surface area contributed by atoms with Crippen LogP contribution < -0.4 is 16.4 Å². The molecular weight excluding hydrogens is 296 g/mol. The Labute approximate surface area is 135 Å². The molecule has 1 heterocycles. The summed E-state index contributed by atoms with van der Waals surface area (Å²) in [6, 6.07) is 6.90. The maximum atomic E-state index is 12.6. The molecule has 0 aliphatic carbocycles. The average Bonchev–Trinajstić information content (AvgIpc) is 2.60. The molecule has 124 valence electrons. The van der Waals surface area contributed by atoms with Crippen molar-refractivity contribution in [3.05, 3.63) is 29.8 Å². The highest BCUT2D eigenvalue weighted by Crippen LogP contribution is 2.19. The van der Waals surface area contributed by atoms with Gasteiger partial charge in [-0.25, -0.2) is 0 Å². The maximum Gasteiger partial charge on any atom is 0.255 e. The molecule has 7 nitrogen and oxygen atoms in total. The van der Waals surface area contributed by atoms with Gasteiger partial charge in [-0.3, -0.25) is 14.4 Å². The van der Waals surface area contributed by atoms with Gasteiger partial charge >= 0.3 is 0 Å². The van der Waals surface area contributed by atoms with Crippen LogP contribution in [0.3, 0.4) is 0 Å². The number of amides is 3. The normalized spacial score (nSPS) is 14.2. The van der Waals surface area contributed by atoms with Crippen molar-refractivity contribution in [1.82, 2.24) is 10.2 Å². The molecule has 1 aliphatic heterocycles. The van der Waals surface area contributed by atoms with Gasteiger partial charge in [-0.2, -0.15) is 0 Å². The van der Waals surface area contributed by atoms with Crippen LogP contribution in [0.15, 0.2) is 24.3 Å². The van der Waals surface area contributed by atoms with E-state index in [1.165, 1.54) is 0 Å². The Morgan fingerprint density at radius 3 is 2.43 bits per heavy atom. The van der Waals surface area contributed by atoms with E-state index in [1.54, 1.807) is 24.3 Å². The van der Waals surface area contributed by atoms with E-state index in [2.05, 4.69) is 10.6 Å². The third-order valence-electron chi connectivity index (χ3n) is 3.71. The van der Waals surface area contributed by atoms with Gasteiger partial charge in [0.25, 0.3) is 5.91 Å². The first-order valence-electron chi connectivity index (χ1n) is 7.76. The maximum absolute atomic E-state index is 12.6. The first-order valence-corrected chi connectivity index (χ1v) is 7.76. The number of carbonyl (C=O) groups is 3. The summed E-state index contributed by atoms with van der Waals surface area (Å²) in [6.45, 7) is 1.14. The first kappa shape index (κ1) is 17.0. The third kappa shape index (κ3) is 4.79. The smallest absolute Gasteiger partial charge is 0.255 e. The topological polar surface area (TPSA) is 105 Å². The molecule has 0 unspecified atom stereocenters. The van der Waals surface area contributed by atoms with Crippen molar-refractivity contribution in [1.29, 1.82) is 0 Å². The third-order valence-corrected chi connectivity index (χ3v) is 3.71. The van der Waals surface area contributed by atoms with Gasteiger partial charge in [-0.05, 0) is 31.4 Å². The standard InChI is InChI=1S/C16H22N4O3/c17-10-14(21)18-11-15(22)19-13-7-3-2-6-12(13)16(23)20-8-4-1-5-9-20/h2-3,6-7H,1,4-5,8-11,17H2,(H,18,21)(H,19,22). The van der Waals surface area contributed by atoms with Crippen molar-refractivity contribution in [3.63, 3.8) is 0 Å². The van der Waals surface area contributed by atoms with Crippen LogP contribution >= 0.6 is 0 Å². The lowest BCUT2D eigenvalue weighted by molar-refractivity contribution is -0.123. The zero-order chi connectivity index (χ0) is 16.7. The number of para-hydroxylation sites is 1. The highest BCUT2D eigenvalue weighted by Gasteiger charge is 2.21. The molecule has 7 heteroatoms. The van der Waals surface area contributed by atoms with Gasteiger partial charge in [0.05, 0.1) is 24.3 Å². The van der Waals surface area contributed by atoms with E-state index in [-0.39, 0.29) is 19.0 Å². The van der Waals surface area contributed by atoms with Crippen LogP contribution in [-0.2, 0) is 9.59 Å². The fraction of sp³-hybridized carbons (Fsp3) is 0.438. The van der Waals surface area contributed by atoms with Crippen LogP contribution in [0, 0.1) is 0 Å². The SMILES string of the molecule is NCC(=O)NCC(=O)Nc1ccccc1C(=O)N1CCCCC1. The fourth-order valence-electron chi connectivity index (χ4n) is 2.49. The summed E-state index contributed by atoms with van der Waals surface area (Å²) in [5, 5.41) is 5.06. The number of nitrogens with two attached hydrogens (primary N) is 1. The van der Waals surface area contributed by atoms with E-state index < -0.39 is 11.8 Å². The number of nitrogens with one attached hydrogen (secondary N) is 2. The zero-order valence-corrected chi connectivity index (χ0v) is 13.0. The Bertz CT molecular complexity index is 582. The van der Waals surface area contributed by atoms with E-state index in [4.69, 9.17) is 5.73 Å². The molecule has 0 radical (unpaired) electrons. The van der Waals surface area contributed by atoms with Gasteiger partial charge in [0.1, 0.15) is 0 Å². The average molecular weight is 318 g/mol. The van der Waals surface area contributed by atoms with E-state index >= 15 is 0 Å². The van der Waals surface area contributed by atoms with Gasteiger partial charge in [0.15, 0.2) is 0 Å². The number of rotatable bonds is 5. The molecule has 23 heavy (non-hydrogen) atoms. The quantitative estimate of drug-likeness (QED) is 0.727. The molecular formula is C16H22N4O3. The molecule has 1 saturated heterocycles. The minimum atomic E-state index is -0.405. The van der Waals surface area contributed by atoms with Crippen molar-refractivity contribution in [2.24, 2.45) is 5.73 Å².